The Kier molecular flexibility index (Phi) is 5.78. The molecule has 3 aromatic heterocycles. The molecule has 40 heavy (non-hydrogen) atoms. The van der Waals surface area contributed by atoms with Crippen molar-refractivity contribution in [1.29, 1.82) is 0 Å². The van der Waals surface area contributed by atoms with E-state index in [-0.39, 0.29) is 0 Å². The van der Waals surface area contributed by atoms with Crippen molar-refractivity contribution < 1.29 is 4.42 Å². The molecule has 0 atom stereocenters. The van der Waals surface area contributed by atoms with Crippen molar-refractivity contribution in [3.8, 4) is 28.2 Å². The number of furan rings is 1. The SMILES string of the molecule is CC(C)c1cc(-c2ccccc2)cc(C(C)C)c1-n1c(-c2cccc3c2oc2ccccc23)nc2cnccc21. The van der Waals surface area contributed by atoms with Crippen LogP contribution in [0.2, 0.25) is 0 Å². The summed E-state index contributed by atoms with van der Waals surface area (Å²) in [6.07, 6.45) is 3.71. The predicted octanol–water partition coefficient (Wildman–Crippen LogP) is 9.90. The van der Waals surface area contributed by atoms with E-state index in [1.165, 1.54) is 27.9 Å². The molecule has 0 aliphatic carbocycles. The van der Waals surface area contributed by atoms with Crippen LogP contribution in [-0.4, -0.2) is 14.5 Å². The van der Waals surface area contributed by atoms with Gasteiger partial charge in [0, 0.05) is 17.0 Å². The lowest BCUT2D eigenvalue weighted by atomic mass is 9.88. The van der Waals surface area contributed by atoms with Crippen molar-refractivity contribution in [2.24, 2.45) is 0 Å². The van der Waals surface area contributed by atoms with E-state index in [2.05, 4.69) is 116 Å². The van der Waals surface area contributed by atoms with Gasteiger partial charge in [-0.1, -0.05) is 88.4 Å². The Bertz CT molecular complexity index is 1980. The van der Waals surface area contributed by atoms with Gasteiger partial charge in [-0.25, -0.2) is 4.98 Å². The molecule has 0 saturated heterocycles. The molecule has 0 bridgehead atoms. The van der Waals surface area contributed by atoms with E-state index in [4.69, 9.17) is 9.40 Å². The molecule has 0 spiro atoms. The molecule has 4 nitrogen and oxygen atoms in total. The molecular formula is C36H31N3O. The first-order chi connectivity index (χ1) is 19.5. The van der Waals surface area contributed by atoms with Gasteiger partial charge in [0.1, 0.15) is 22.5 Å². The zero-order valence-electron chi connectivity index (χ0n) is 23.2. The lowest BCUT2D eigenvalue weighted by molar-refractivity contribution is 0.669. The highest BCUT2D eigenvalue weighted by Crippen LogP contribution is 2.42. The number of rotatable bonds is 5. The van der Waals surface area contributed by atoms with Crippen LogP contribution in [0.5, 0.6) is 0 Å². The largest absolute Gasteiger partial charge is 0.455 e. The number of imidazole rings is 1. The summed E-state index contributed by atoms with van der Waals surface area (Å²) in [5.74, 6) is 1.46. The molecule has 0 fully saturated rings. The number of fused-ring (bicyclic) bond motifs is 4. The van der Waals surface area contributed by atoms with Crippen LogP contribution in [0.4, 0.5) is 0 Å². The smallest absolute Gasteiger partial charge is 0.149 e. The van der Waals surface area contributed by atoms with Crippen LogP contribution in [0, 0.1) is 0 Å². The molecule has 0 aliphatic rings. The topological polar surface area (TPSA) is 43.9 Å². The van der Waals surface area contributed by atoms with Crippen molar-refractivity contribution >= 4 is 33.0 Å². The van der Waals surface area contributed by atoms with Crippen molar-refractivity contribution in [2.45, 2.75) is 39.5 Å². The Hall–Kier alpha value is -4.70. The average molecular weight is 522 g/mol. The van der Waals surface area contributed by atoms with Gasteiger partial charge < -0.3 is 4.42 Å². The van der Waals surface area contributed by atoms with Crippen LogP contribution in [0.1, 0.15) is 50.7 Å². The third-order valence-corrected chi connectivity index (χ3v) is 7.85. The average Bonchev–Trinajstić information content (AvgIpc) is 3.55. The summed E-state index contributed by atoms with van der Waals surface area (Å²) in [4.78, 5) is 9.62. The zero-order chi connectivity index (χ0) is 27.4. The van der Waals surface area contributed by atoms with Crippen molar-refractivity contribution in [3.05, 3.63) is 115 Å². The van der Waals surface area contributed by atoms with E-state index in [0.29, 0.717) is 11.8 Å². The number of aromatic nitrogens is 3. The summed E-state index contributed by atoms with van der Waals surface area (Å²) >= 11 is 0. The highest BCUT2D eigenvalue weighted by Gasteiger charge is 2.25. The van der Waals surface area contributed by atoms with Gasteiger partial charge in [0.25, 0.3) is 0 Å². The Morgan fingerprint density at radius 1 is 0.700 bits per heavy atom. The minimum absolute atomic E-state index is 0.297. The molecule has 0 amide bonds. The Morgan fingerprint density at radius 2 is 1.40 bits per heavy atom. The van der Waals surface area contributed by atoms with Crippen LogP contribution < -0.4 is 0 Å². The molecule has 0 unspecified atom stereocenters. The molecule has 196 valence electrons. The van der Waals surface area contributed by atoms with Gasteiger partial charge in [-0.15, -0.1) is 0 Å². The van der Waals surface area contributed by atoms with E-state index < -0.39 is 0 Å². The van der Waals surface area contributed by atoms with Crippen molar-refractivity contribution in [1.82, 2.24) is 14.5 Å². The van der Waals surface area contributed by atoms with E-state index in [0.717, 1.165) is 44.4 Å². The fraction of sp³-hybridized carbons (Fsp3) is 0.167. The molecule has 0 saturated carbocycles. The quantitative estimate of drug-likeness (QED) is 0.226. The lowest BCUT2D eigenvalue weighted by Gasteiger charge is -2.24. The molecule has 0 aliphatic heterocycles. The summed E-state index contributed by atoms with van der Waals surface area (Å²) in [6, 6.07) is 32.0. The van der Waals surface area contributed by atoms with Gasteiger partial charge in [-0.05, 0) is 64.4 Å². The second kappa shape index (κ2) is 9.49. The second-order valence-electron chi connectivity index (χ2n) is 11.1. The van der Waals surface area contributed by atoms with Crippen molar-refractivity contribution in [2.75, 3.05) is 0 Å². The van der Waals surface area contributed by atoms with E-state index >= 15 is 0 Å². The lowest BCUT2D eigenvalue weighted by Crippen LogP contribution is -2.09. The molecule has 3 heterocycles. The monoisotopic (exact) mass is 521 g/mol. The third kappa shape index (κ3) is 3.83. The normalized spacial score (nSPS) is 11.9. The van der Waals surface area contributed by atoms with Gasteiger partial charge in [0.05, 0.1) is 23.0 Å². The van der Waals surface area contributed by atoms with Gasteiger partial charge in [0.15, 0.2) is 0 Å². The molecule has 4 aromatic carbocycles. The summed E-state index contributed by atoms with van der Waals surface area (Å²) < 4.78 is 8.83. The molecule has 7 aromatic rings. The van der Waals surface area contributed by atoms with E-state index in [9.17, 15) is 0 Å². The van der Waals surface area contributed by atoms with Gasteiger partial charge in [-0.3, -0.25) is 9.55 Å². The minimum Gasteiger partial charge on any atom is -0.455 e. The van der Waals surface area contributed by atoms with Crippen LogP contribution in [-0.2, 0) is 0 Å². The fourth-order valence-corrected chi connectivity index (χ4v) is 5.88. The third-order valence-electron chi connectivity index (χ3n) is 7.85. The first kappa shape index (κ1) is 24.3. The summed E-state index contributed by atoms with van der Waals surface area (Å²) in [5.41, 5.74) is 10.9. The van der Waals surface area contributed by atoms with Gasteiger partial charge in [0.2, 0.25) is 0 Å². The number of benzene rings is 4. The minimum atomic E-state index is 0.297. The number of hydrogen-bond donors (Lipinski definition) is 0. The molecule has 7 rings (SSSR count). The number of nitrogens with zero attached hydrogens (tertiary/aromatic N) is 3. The standard InChI is InChI=1S/C36H31N3O/c1-22(2)29-19-25(24-11-6-5-7-12-24)20-30(23(3)4)34(29)39-32-17-18-37-21-31(32)38-36(39)28-15-10-14-27-26-13-8-9-16-33(26)40-35(27)28/h5-23H,1-4H3. The zero-order valence-corrected chi connectivity index (χ0v) is 23.2. The first-order valence-electron chi connectivity index (χ1n) is 14.0. The highest BCUT2D eigenvalue weighted by atomic mass is 16.3. The van der Waals surface area contributed by atoms with E-state index in [1.807, 2.05) is 24.5 Å². The predicted molar refractivity (Wildman–Crippen MR) is 165 cm³/mol. The number of pyridine rings is 1. The Morgan fingerprint density at radius 3 is 2.15 bits per heavy atom. The molecular weight excluding hydrogens is 490 g/mol. The fourth-order valence-electron chi connectivity index (χ4n) is 5.88. The Balaban J connectivity index is 1.59. The maximum absolute atomic E-state index is 6.49. The summed E-state index contributed by atoms with van der Waals surface area (Å²) in [6.45, 7) is 9.10. The highest BCUT2D eigenvalue weighted by molar-refractivity contribution is 6.09. The Labute approximate surface area is 233 Å². The van der Waals surface area contributed by atoms with Crippen LogP contribution in [0.3, 0.4) is 0 Å². The van der Waals surface area contributed by atoms with Crippen LogP contribution in [0.15, 0.2) is 108 Å². The maximum atomic E-state index is 6.49. The van der Waals surface area contributed by atoms with Crippen LogP contribution >= 0.6 is 0 Å². The number of hydrogen-bond acceptors (Lipinski definition) is 3. The number of para-hydroxylation sites is 2. The van der Waals surface area contributed by atoms with Gasteiger partial charge >= 0.3 is 0 Å². The van der Waals surface area contributed by atoms with Crippen LogP contribution in [0.25, 0.3) is 61.2 Å². The molecule has 0 N–H and O–H groups in total. The van der Waals surface area contributed by atoms with Gasteiger partial charge in [-0.2, -0.15) is 0 Å². The summed E-state index contributed by atoms with van der Waals surface area (Å²) in [5, 5.41) is 2.21. The molecule has 4 heteroatoms. The summed E-state index contributed by atoms with van der Waals surface area (Å²) in [7, 11) is 0. The second-order valence-corrected chi connectivity index (χ2v) is 11.1. The van der Waals surface area contributed by atoms with Crippen molar-refractivity contribution in [3.63, 3.8) is 0 Å². The maximum Gasteiger partial charge on any atom is 0.149 e. The molecule has 0 radical (unpaired) electrons. The van der Waals surface area contributed by atoms with E-state index in [1.54, 1.807) is 0 Å². The first-order valence-corrected chi connectivity index (χ1v) is 14.0.